The van der Waals surface area contributed by atoms with Crippen molar-refractivity contribution < 1.29 is 14.0 Å². The number of ketones is 1. The highest BCUT2D eigenvalue weighted by molar-refractivity contribution is 6.52. The Kier molecular flexibility index (Phi) is 3.39. The van der Waals surface area contributed by atoms with Gasteiger partial charge in [-0.25, -0.2) is 9.37 Å². The number of hydrogen-bond donors (Lipinski definition) is 0. The SMILES string of the molecule is O=C1C(=O)N(Cc2nc(Cl)ccc2Cl)c2c(F)cccc21. The number of hydrogen-bond acceptors (Lipinski definition) is 3. The van der Waals surface area contributed by atoms with E-state index >= 15 is 0 Å². The summed E-state index contributed by atoms with van der Waals surface area (Å²) in [6, 6.07) is 7.00. The number of carbonyl (C=O) groups excluding carboxylic acids is 2. The lowest BCUT2D eigenvalue weighted by molar-refractivity contribution is -0.114. The molecule has 0 unspecified atom stereocenters. The minimum Gasteiger partial charge on any atom is -0.296 e. The van der Waals surface area contributed by atoms with Gasteiger partial charge in [0.25, 0.3) is 11.7 Å². The van der Waals surface area contributed by atoms with Crippen LogP contribution in [0.5, 0.6) is 0 Å². The van der Waals surface area contributed by atoms with Crippen LogP contribution in [-0.4, -0.2) is 16.7 Å². The summed E-state index contributed by atoms with van der Waals surface area (Å²) in [4.78, 5) is 28.9. The second-order valence-electron chi connectivity index (χ2n) is 4.42. The Morgan fingerprint density at radius 2 is 1.90 bits per heavy atom. The van der Waals surface area contributed by atoms with Crippen LogP contribution in [0.25, 0.3) is 0 Å². The topological polar surface area (TPSA) is 50.3 Å². The predicted molar refractivity (Wildman–Crippen MR) is 76.2 cm³/mol. The quantitative estimate of drug-likeness (QED) is 0.629. The molecule has 0 spiro atoms. The van der Waals surface area contributed by atoms with Gasteiger partial charge < -0.3 is 0 Å². The zero-order chi connectivity index (χ0) is 15.1. The van der Waals surface area contributed by atoms with E-state index in [1.807, 2.05) is 0 Å². The van der Waals surface area contributed by atoms with Gasteiger partial charge in [0.05, 0.1) is 28.5 Å². The van der Waals surface area contributed by atoms with Crippen LogP contribution in [-0.2, 0) is 11.3 Å². The third-order valence-corrected chi connectivity index (χ3v) is 3.69. The molecule has 0 saturated carbocycles. The molecule has 0 aliphatic carbocycles. The first kappa shape index (κ1) is 14.0. The average molecular weight is 325 g/mol. The van der Waals surface area contributed by atoms with Crippen LogP contribution in [0.1, 0.15) is 16.1 Å². The van der Waals surface area contributed by atoms with E-state index in [4.69, 9.17) is 23.2 Å². The maximum Gasteiger partial charge on any atom is 0.299 e. The molecule has 1 amide bonds. The number of halogens is 3. The maximum absolute atomic E-state index is 13.9. The third kappa shape index (κ3) is 2.28. The Hall–Kier alpha value is -1.98. The number of amides is 1. The second kappa shape index (κ2) is 5.09. The zero-order valence-corrected chi connectivity index (χ0v) is 12.0. The number of benzene rings is 1. The standard InChI is InChI=1S/C14H7Cl2FN2O2/c15-8-4-5-11(16)18-10(8)6-19-12-7(13(20)14(19)21)2-1-3-9(12)17/h1-5H,6H2. The smallest absolute Gasteiger partial charge is 0.296 e. The van der Waals surface area contributed by atoms with Crippen molar-refractivity contribution in [2.24, 2.45) is 0 Å². The van der Waals surface area contributed by atoms with Crippen molar-refractivity contribution in [3.8, 4) is 0 Å². The number of para-hydroxylation sites is 1. The van der Waals surface area contributed by atoms with E-state index < -0.39 is 17.5 Å². The highest BCUT2D eigenvalue weighted by Crippen LogP contribution is 2.33. The van der Waals surface area contributed by atoms with E-state index in [2.05, 4.69) is 4.98 Å². The highest BCUT2D eigenvalue weighted by Gasteiger charge is 2.38. The minimum absolute atomic E-state index is 0.0400. The number of Topliss-reactive ketones (excluding diaryl/α,β-unsaturated/α-hetero) is 1. The summed E-state index contributed by atoms with van der Waals surface area (Å²) in [5.41, 5.74) is 0.282. The van der Waals surface area contributed by atoms with Gasteiger partial charge in [0.15, 0.2) is 0 Å². The van der Waals surface area contributed by atoms with Gasteiger partial charge in [0, 0.05) is 0 Å². The van der Waals surface area contributed by atoms with Gasteiger partial charge in [-0.3, -0.25) is 14.5 Å². The molecule has 21 heavy (non-hydrogen) atoms. The Morgan fingerprint density at radius 3 is 2.67 bits per heavy atom. The second-order valence-corrected chi connectivity index (χ2v) is 5.21. The van der Waals surface area contributed by atoms with Crippen molar-refractivity contribution in [3.63, 3.8) is 0 Å². The molecule has 1 aromatic carbocycles. The molecule has 7 heteroatoms. The molecule has 1 aliphatic rings. The van der Waals surface area contributed by atoms with Gasteiger partial charge in [-0.15, -0.1) is 0 Å². The van der Waals surface area contributed by atoms with Crippen molar-refractivity contribution >= 4 is 40.6 Å². The predicted octanol–water partition coefficient (Wildman–Crippen LogP) is 3.26. The Morgan fingerprint density at radius 1 is 1.14 bits per heavy atom. The van der Waals surface area contributed by atoms with Crippen LogP contribution < -0.4 is 4.90 Å². The summed E-state index contributed by atoms with van der Waals surface area (Å²) in [5.74, 6) is -2.21. The van der Waals surface area contributed by atoms with Gasteiger partial charge in [0.2, 0.25) is 0 Å². The van der Waals surface area contributed by atoms with E-state index in [0.717, 1.165) is 4.90 Å². The average Bonchev–Trinajstić information content (AvgIpc) is 2.69. The molecule has 1 aliphatic heterocycles. The molecule has 0 N–H and O–H groups in total. The van der Waals surface area contributed by atoms with Crippen molar-refractivity contribution in [1.29, 1.82) is 0 Å². The summed E-state index contributed by atoms with van der Waals surface area (Å²) in [5, 5.41) is 0.477. The monoisotopic (exact) mass is 324 g/mol. The fourth-order valence-electron chi connectivity index (χ4n) is 2.18. The first-order chi connectivity index (χ1) is 9.99. The Bertz CT molecular complexity index is 780. The number of anilines is 1. The van der Waals surface area contributed by atoms with Gasteiger partial charge >= 0.3 is 0 Å². The van der Waals surface area contributed by atoms with Gasteiger partial charge in [-0.2, -0.15) is 0 Å². The first-order valence-corrected chi connectivity index (χ1v) is 6.70. The Balaban J connectivity index is 2.06. The van der Waals surface area contributed by atoms with Crippen LogP contribution >= 0.6 is 23.2 Å². The molecule has 0 bridgehead atoms. The van der Waals surface area contributed by atoms with E-state index in [1.165, 1.54) is 30.3 Å². The lowest BCUT2D eigenvalue weighted by atomic mass is 10.1. The zero-order valence-electron chi connectivity index (χ0n) is 10.4. The van der Waals surface area contributed by atoms with Crippen LogP contribution in [0, 0.1) is 5.82 Å². The summed E-state index contributed by atoms with van der Waals surface area (Å²) in [7, 11) is 0. The van der Waals surface area contributed by atoms with Crippen molar-refractivity contribution in [2.75, 3.05) is 4.90 Å². The lowest BCUT2D eigenvalue weighted by Gasteiger charge is -2.17. The molecule has 1 aromatic heterocycles. The maximum atomic E-state index is 13.9. The highest BCUT2D eigenvalue weighted by atomic mass is 35.5. The number of nitrogens with zero attached hydrogens (tertiary/aromatic N) is 2. The van der Waals surface area contributed by atoms with Gasteiger partial charge in [-0.05, 0) is 24.3 Å². The van der Waals surface area contributed by atoms with Crippen molar-refractivity contribution in [1.82, 2.24) is 4.98 Å². The van der Waals surface area contributed by atoms with Gasteiger partial charge in [0.1, 0.15) is 11.0 Å². The van der Waals surface area contributed by atoms with E-state index in [0.29, 0.717) is 5.69 Å². The van der Waals surface area contributed by atoms with E-state index in [1.54, 1.807) is 0 Å². The molecular weight excluding hydrogens is 318 g/mol. The summed E-state index contributed by atoms with van der Waals surface area (Å²) >= 11 is 11.8. The Labute approximate surface area is 129 Å². The number of carbonyl (C=O) groups is 2. The fraction of sp³-hybridized carbons (Fsp3) is 0.0714. The van der Waals surface area contributed by atoms with Crippen LogP contribution in [0.15, 0.2) is 30.3 Å². The molecule has 0 fully saturated rings. The molecule has 0 radical (unpaired) electrons. The van der Waals surface area contributed by atoms with E-state index in [9.17, 15) is 14.0 Å². The van der Waals surface area contributed by atoms with Crippen molar-refractivity contribution in [2.45, 2.75) is 6.54 Å². The molecular formula is C14H7Cl2FN2O2. The number of rotatable bonds is 2. The minimum atomic E-state index is -0.812. The molecule has 2 heterocycles. The van der Waals surface area contributed by atoms with Crippen molar-refractivity contribution in [3.05, 3.63) is 57.6 Å². The molecule has 4 nitrogen and oxygen atoms in total. The molecule has 3 rings (SSSR count). The number of aromatic nitrogens is 1. The first-order valence-electron chi connectivity index (χ1n) is 5.94. The van der Waals surface area contributed by atoms with Crippen LogP contribution in [0.4, 0.5) is 10.1 Å². The summed E-state index contributed by atoms with van der Waals surface area (Å²) < 4.78 is 13.9. The normalized spacial score (nSPS) is 13.8. The molecule has 0 atom stereocenters. The lowest BCUT2D eigenvalue weighted by Crippen LogP contribution is -2.30. The van der Waals surface area contributed by atoms with E-state index in [-0.39, 0.29) is 28.0 Å². The van der Waals surface area contributed by atoms with Crippen LogP contribution in [0.2, 0.25) is 10.2 Å². The summed E-state index contributed by atoms with van der Waals surface area (Å²) in [6.45, 7) is -0.127. The largest absolute Gasteiger partial charge is 0.299 e. The number of pyridine rings is 1. The van der Waals surface area contributed by atoms with Crippen LogP contribution in [0.3, 0.4) is 0 Å². The summed E-state index contributed by atoms with van der Waals surface area (Å²) in [6.07, 6.45) is 0. The molecule has 0 saturated heterocycles. The van der Waals surface area contributed by atoms with Gasteiger partial charge in [-0.1, -0.05) is 29.3 Å². The number of fused-ring (bicyclic) bond motifs is 1. The molecule has 106 valence electrons. The fourth-order valence-corrected chi connectivity index (χ4v) is 2.51. The third-order valence-electron chi connectivity index (χ3n) is 3.13. The molecule has 2 aromatic rings.